The van der Waals surface area contributed by atoms with Gasteiger partial charge in [0.05, 0.1) is 4.91 Å². The van der Waals surface area contributed by atoms with Crippen molar-refractivity contribution in [1.29, 1.82) is 0 Å². The average Bonchev–Trinajstić information content (AvgIpc) is 2.97. The molecular formula is C20H20N2OS. The monoisotopic (exact) mass is 336 g/mol. The molecule has 122 valence electrons. The molecule has 2 aliphatic rings. The maximum absolute atomic E-state index is 12.3. The third kappa shape index (κ3) is 2.98. The summed E-state index contributed by atoms with van der Waals surface area (Å²) in [6.45, 7) is 4.29. The van der Waals surface area contributed by atoms with Crippen molar-refractivity contribution in [1.82, 2.24) is 4.90 Å². The number of likely N-dealkylation sites (tertiary alicyclic amines) is 1. The zero-order valence-electron chi connectivity index (χ0n) is 13.7. The van der Waals surface area contributed by atoms with Gasteiger partial charge in [0, 0.05) is 13.1 Å². The van der Waals surface area contributed by atoms with Crippen molar-refractivity contribution in [3.63, 3.8) is 0 Å². The van der Waals surface area contributed by atoms with E-state index in [1.807, 2.05) is 24.3 Å². The number of carbonyl (C=O) groups excluding carboxylic acids is 1. The lowest BCUT2D eigenvalue weighted by molar-refractivity contribution is -0.113. The Morgan fingerprint density at radius 1 is 1.12 bits per heavy atom. The van der Waals surface area contributed by atoms with Gasteiger partial charge in [0.25, 0.3) is 5.91 Å². The van der Waals surface area contributed by atoms with Crippen LogP contribution in [-0.4, -0.2) is 29.1 Å². The van der Waals surface area contributed by atoms with Crippen LogP contribution in [0.5, 0.6) is 0 Å². The fourth-order valence-electron chi connectivity index (χ4n) is 3.25. The van der Waals surface area contributed by atoms with Gasteiger partial charge in [0.1, 0.15) is 0 Å². The average molecular weight is 336 g/mol. The molecule has 0 aliphatic carbocycles. The molecule has 0 N–H and O–H groups in total. The number of amides is 1. The summed E-state index contributed by atoms with van der Waals surface area (Å²) in [5.41, 5.74) is 1.08. The Hall–Kier alpha value is -2.07. The Morgan fingerprint density at radius 3 is 2.71 bits per heavy atom. The van der Waals surface area contributed by atoms with Crippen molar-refractivity contribution in [3.05, 3.63) is 52.9 Å². The number of thioether (sulfide) groups is 1. The minimum absolute atomic E-state index is 0.110. The molecular weight excluding hydrogens is 316 g/mol. The number of aliphatic imine (C=N–C) groups is 1. The van der Waals surface area contributed by atoms with E-state index in [4.69, 9.17) is 0 Å². The molecule has 0 radical (unpaired) electrons. The third-order valence-corrected chi connectivity index (χ3v) is 5.82. The molecule has 2 aromatic carbocycles. The van der Waals surface area contributed by atoms with Gasteiger partial charge in [-0.1, -0.05) is 49.4 Å². The minimum Gasteiger partial charge on any atom is -0.351 e. The summed E-state index contributed by atoms with van der Waals surface area (Å²) in [6.07, 6.45) is 4.34. The Labute approximate surface area is 146 Å². The Balaban J connectivity index is 1.59. The summed E-state index contributed by atoms with van der Waals surface area (Å²) in [5.74, 6) is 0.663. The molecule has 1 saturated heterocycles. The molecule has 1 amide bonds. The molecule has 4 heteroatoms. The first-order chi connectivity index (χ1) is 11.7. The number of nitrogens with zero attached hydrogens (tertiary/aromatic N) is 2. The lowest BCUT2D eigenvalue weighted by Gasteiger charge is -2.30. The first kappa shape index (κ1) is 15.5. The van der Waals surface area contributed by atoms with Crippen LogP contribution in [-0.2, 0) is 4.79 Å². The van der Waals surface area contributed by atoms with Gasteiger partial charge in [-0.2, -0.15) is 4.99 Å². The fourth-order valence-corrected chi connectivity index (χ4v) is 4.21. The SMILES string of the molecule is CC1CCN(C2=NC(=O)C(=Cc3cccc4ccccc34)S2)CC1. The molecule has 24 heavy (non-hydrogen) atoms. The van der Waals surface area contributed by atoms with E-state index in [9.17, 15) is 4.79 Å². The Bertz CT molecular complexity index is 842. The highest BCUT2D eigenvalue weighted by molar-refractivity contribution is 8.18. The van der Waals surface area contributed by atoms with Crippen molar-refractivity contribution in [3.8, 4) is 0 Å². The van der Waals surface area contributed by atoms with Gasteiger partial charge in [0.2, 0.25) is 0 Å². The van der Waals surface area contributed by atoms with Gasteiger partial charge in [-0.05, 0) is 52.9 Å². The van der Waals surface area contributed by atoms with E-state index in [1.165, 1.54) is 35.4 Å². The summed E-state index contributed by atoms with van der Waals surface area (Å²) >= 11 is 1.52. The van der Waals surface area contributed by atoms with Crippen LogP contribution in [0.1, 0.15) is 25.3 Å². The fraction of sp³-hybridized carbons (Fsp3) is 0.300. The van der Waals surface area contributed by atoms with E-state index in [0.29, 0.717) is 0 Å². The van der Waals surface area contributed by atoms with Crippen LogP contribution in [0, 0.1) is 5.92 Å². The van der Waals surface area contributed by atoms with E-state index in [-0.39, 0.29) is 5.91 Å². The Kier molecular flexibility index (Phi) is 4.15. The van der Waals surface area contributed by atoms with Gasteiger partial charge < -0.3 is 4.90 Å². The predicted octanol–water partition coefficient (Wildman–Crippen LogP) is 4.54. The van der Waals surface area contributed by atoms with Gasteiger partial charge >= 0.3 is 0 Å². The molecule has 3 nitrogen and oxygen atoms in total. The second-order valence-electron chi connectivity index (χ2n) is 6.55. The summed E-state index contributed by atoms with van der Waals surface area (Å²) in [4.78, 5) is 19.6. The molecule has 2 aliphatic heterocycles. The summed E-state index contributed by atoms with van der Waals surface area (Å²) in [6, 6.07) is 14.4. The number of fused-ring (bicyclic) bond motifs is 1. The van der Waals surface area contributed by atoms with Gasteiger partial charge in [-0.3, -0.25) is 4.79 Å². The van der Waals surface area contributed by atoms with E-state index >= 15 is 0 Å². The quantitative estimate of drug-likeness (QED) is 0.717. The number of hydrogen-bond donors (Lipinski definition) is 0. The summed E-state index contributed by atoms with van der Waals surface area (Å²) in [7, 11) is 0. The van der Waals surface area contributed by atoms with E-state index in [1.54, 1.807) is 0 Å². The molecule has 0 aromatic heterocycles. The number of piperidine rings is 1. The topological polar surface area (TPSA) is 32.7 Å². The summed E-state index contributed by atoms with van der Waals surface area (Å²) < 4.78 is 0. The van der Waals surface area contributed by atoms with Gasteiger partial charge in [0.15, 0.2) is 5.17 Å². The zero-order chi connectivity index (χ0) is 16.5. The predicted molar refractivity (Wildman–Crippen MR) is 102 cm³/mol. The smallest absolute Gasteiger partial charge is 0.286 e. The van der Waals surface area contributed by atoms with Crippen molar-refractivity contribution in [2.45, 2.75) is 19.8 Å². The molecule has 2 aromatic rings. The van der Waals surface area contributed by atoms with Crippen molar-refractivity contribution < 1.29 is 4.79 Å². The highest BCUT2D eigenvalue weighted by Gasteiger charge is 2.28. The zero-order valence-corrected chi connectivity index (χ0v) is 14.6. The van der Waals surface area contributed by atoms with Crippen LogP contribution in [0.3, 0.4) is 0 Å². The molecule has 2 heterocycles. The molecule has 0 bridgehead atoms. The summed E-state index contributed by atoms with van der Waals surface area (Å²) in [5, 5.41) is 3.23. The molecule has 1 fully saturated rings. The lowest BCUT2D eigenvalue weighted by Crippen LogP contribution is -2.35. The van der Waals surface area contributed by atoms with E-state index in [2.05, 4.69) is 41.1 Å². The second kappa shape index (κ2) is 6.44. The standard InChI is InChI=1S/C20H20N2OS/c1-14-9-11-22(12-10-14)20-21-19(23)18(24-20)13-16-7-4-6-15-5-2-3-8-17(15)16/h2-8,13-14H,9-12H2,1H3. The van der Waals surface area contributed by atoms with Crippen molar-refractivity contribution >= 4 is 39.7 Å². The van der Waals surface area contributed by atoms with Crippen LogP contribution in [0.2, 0.25) is 0 Å². The molecule has 0 spiro atoms. The minimum atomic E-state index is -0.110. The van der Waals surface area contributed by atoms with Crippen molar-refractivity contribution in [2.75, 3.05) is 13.1 Å². The second-order valence-corrected chi connectivity index (χ2v) is 7.56. The van der Waals surface area contributed by atoms with Crippen LogP contribution < -0.4 is 0 Å². The first-order valence-electron chi connectivity index (χ1n) is 8.46. The normalized spacial score (nSPS) is 20.9. The van der Waals surface area contributed by atoms with E-state index < -0.39 is 0 Å². The van der Waals surface area contributed by atoms with E-state index in [0.717, 1.165) is 34.6 Å². The maximum atomic E-state index is 12.3. The van der Waals surface area contributed by atoms with Crippen LogP contribution in [0.15, 0.2) is 52.4 Å². The number of carbonyl (C=O) groups is 1. The Morgan fingerprint density at radius 2 is 1.88 bits per heavy atom. The molecule has 0 unspecified atom stereocenters. The van der Waals surface area contributed by atoms with Gasteiger partial charge in [-0.15, -0.1) is 0 Å². The highest BCUT2D eigenvalue weighted by Crippen LogP contribution is 2.33. The molecule has 4 rings (SSSR count). The molecule has 0 atom stereocenters. The van der Waals surface area contributed by atoms with Crippen LogP contribution >= 0.6 is 11.8 Å². The van der Waals surface area contributed by atoms with Crippen LogP contribution in [0.4, 0.5) is 0 Å². The number of amidine groups is 1. The number of benzene rings is 2. The molecule has 0 saturated carbocycles. The lowest BCUT2D eigenvalue weighted by atomic mass is 10.00. The number of hydrogen-bond acceptors (Lipinski definition) is 3. The highest BCUT2D eigenvalue weighted by atomic mass is 32.2. The largest absolute Gasteiger partial charge is 0.351 e. The maximum Gasteiger partial charge on any atom is 0.286 e. The van der Waals surface area contributed by atoms with Crippen molar-refractivity contribution in [2.24, 2.45) is 10.9 Å². The third-order valence-electron chi connectivity index (χ3n) is 4.77. The van der Waals surface area contributed by atoms with Gasteiger partial charge in [-0.25, -0.2) is 0 Å². The first-order valence-corrected chi connectivity index (χ1v) is 9.27. The number of rotatable bonds is 1. The van der Waals surface area contributed by atoms with Crippen LogP contribution in [0.25, 0.3) is 16.8 Å².